The quantitative estimate of drug-likeness (QED) is 0.698. The molecule has 0 aromatic heterocycles. The standard InChI is InChI=1S/C16H16BrFN2O4S2/c17-13-5-7-14(8-6-13)25(21,22)19-9-11-20(12-10-19)26(23,24)16-4-2-1-3-15(16)18/h1-8H,9-12H2. The monoisotopic (exact) mass is 462 g/mol. The van der Waals surface area contributed by atoms with Crippen LogP contribution in [0.5, 0.6) is 0 Å². The molecule has 2 aromatic rings. The van der Waals surface area contributed by atoms with Crippen LogP contribution in [0, 0.1) is 5.82 Å². The molecule has 1 aliphatic rings. The van der Waals surface area contributed by atoms with Crippen molar-refractivity contribution in [1.82, 2.24) is 8.61 Å². The van der Waals surface area contributed by atoms with Gasteiger partial charge in [0.1, 0.15) is 10.7 Å². The number of nitrogens with zero attached hydrogens (tertiary/aromatic N) is 2. The van der Waals surface area contributed by atoms with Gasteiger partial charge in [-0.25, -0.2) is 21.2 Å². The second-order valence-electron chi connectivity index (χ2n) is 5.69. The lowest BCUT2D eigenvalue weighted by atomic mass is 10.3. The summed E-state index contributed by atoms with van der Waals surface area (Å²) in [6.45, 7) is -0.0585. The summed E-state index contributed by atoms with van der Waals surface area (Å²) >= 11 is 3.25. The molecule has 1 saturated heterocycles. The van der Waals surface area contributed by atoms with Gasteiger partial charge in [0.2, 0.25) is 20.0 Å². The van der Waals surface area contributed by atoms with Crippen LogP contribution in [0.2, 0.25) is 0 Å². The van der Waals surface area contributed by atoms with Crippen LogP contribution >= 0.6 is 15.9 Å². The molecule has 0 unspecified atom stereocenters. The van der Waals surface area contributed by atoms with Gasteiger partial charge in [-0.15, -0.1) is 0 Å². The van der Waals surface area contributed by atoms with E-state index in [9.17, 15) is 21.2 Å². The third-order valence-electron chi connectivity index (χ3n) is 4.10. The summed E-state index contributed by atoms with van der Waals surface area (Å²) in [5.74, 6) is -0.822. The van der Waals surface area contributed by atoms with E-state index in [1.54, 1.807) is 12.1 Å². The van der Waals surface area contributed by atoms with Gasteiger partial charge in [-0.3, -0.25) is 0 Å². The van der Waals surface area contributed by atoms with Gasteiger partial charge in [0.05, 0.1) is 4.90 Å². The van der Waals surface area contributed by atoms with Gasteiger partial charge in [-0.05, 0) is 36.4 Å². The van der Waals surface area contributed by atoms with Gasteiger partial charge in [0.15, 0.2) is 0 Å². The van der Waals surface area contributed by atoms with E-state index in [0.717, 1.165) is 14.8 Å². The Hall–Kier alpha value is -1.33. The number of sulfonamides is 2. The highest BCUT2D eigenvalue weighted by Gasteiger charge is 2.34. The number of hydrogen-bond acceptors (Lipinski definition) is 4. The molecule has 0 aliphatic carbocycles. The van der Waals surface area contributed by atoms with Crippen molar-refractivity contribution < 1.29 is 21.2 Å². The predicted molar refractivity (Wildman–Crippen MR) is 98.1 cm³/mol. The second kappa shape index (κ2) is 7.35. The van der Waals surface area contributed by atoms with Crippen molar-refractivity contribution in [3.63, 3.8) is 0 Å². The molecule has 140 valence electrons. The molecule has 2 aromatic carbocycles. The normalized spacial score (nSPS) is 17.3. The van der Waals surface area contributed by atoms with E-state index in [1.165, 1.54) is 34.6 Å². The van der Waals surface area contributed by atoms with Crippen LogP contribution < -0.4 is 0 Å². The molecule has 1 heterocycles. The molecule has 3 rings (SSSR count). The topological polar surface area (TPSA) is 74.8 Å². The number of halogens is 2. The van der Waals surface area contributed by atoms with Crippen molar-refractivity contribution in [1.29, 1.82) is 0 Å². The molecule has 6 nitrogen and oxygen atoms in total. The highest BCUT2D eigenvalue weighted by Crippen LogP contribution is 2.24. The van der Waals surface area contributed by atoms with Crippen LogP contribution in [0.3, 0.4) is 0 Å². The highest BCUT2D eigenvalue weighted by atomic mass is 79.9. The molecule has 1 aliphatic heterocycles. The summed E-state index contributed by atoms with van der Waals surface area (Å²) in [6, 6.07) is 11.4. The molecule has 0 amide bonds. The maximum atomic E-state index is 13.8. The van der Waals surface area contributed by atoms with E-state index >= 15 is 0 Å². The summed E-state index contributed by atoms with van der Waals surface area (Å²) in [5.41, 5.74) is 0. The van der Waals surface area contributed by atoms with Crippen molar-refractivity contribution in [3.8, 4) is 0 Å². The maximum Gasteiger partial charge on any atom is 0.246 e. The lowest BCUT2D eigenvalue weighted by Gasteiger charge is -2.33. The lowest BCUT2D eigenvalue weighted by molar-refractivity contribution is 0.272. The zero-order valence-corrected chi connectivity index (χ0v) is 16.8. The summed E-state index contributed by atoms with van der Waals surface area (Å²) in [7, 11) is -7.70. The van der Waals surface area contributed by atoms with Gasteiger partial charge in [0, 0.05) is 30.7 Å². The number of rotatable bonds is 4. The third-order valence-corrected chi connectivity index (χ3v) is 8.48. The molecule has 0 atom stereocenters. The summed E-state index contributed by atoms with van der Waals surface area (Å²) in [6.07, 6.45) is 0. The Balaban J connectivity index is 1.77. The molecule has 0 spiro atoms. The average Bonchev–Trinajstić information content (AvgIpc) is 2.62. The van der Waals surface area contributed by atoms with Crippen LogP contribution in [-0.4, -0.2) is 51.6 Å². The molecule has 0 bridgehead atoms. The van der Waals surface area contributed by atoms with Crippen LogP contribution in [-0.2, 0) is 20.0 Å². The van der Waals surface area contributed by atoms with E-state index in [1.807, 2.05) is 0 Å². The zero-order valence-electron chi connectivity index (χ0n) is 13.5. The molecule has 1 fully saturated rings. The lowest BCUT2D eigenvalue weighted by Crippen LogP contribution is -2.50. The fourth-order valence-corrected chi connectivity index (χ4v) is 5.87. The van der Waals surface area contributed by atoms with Crippen molar-refractivity contribution in [2.75, 3.05) is 26.2 Å². The Bertz CT molecular complexity index is 1000. The van der Waals surface area contributed by atoms with E-state index < -0.39 is 30.8 Å². The van der Waals surface area contributed by atoms with Crippen molar-refractivity contribution in [2.24, 2.45) is 0 Å². The molecule has 10 heteroatoms. The molecule has 0 saturated carbocycles. The SMILES string of the molecule is O=S(=O)(c1ccc(Br)cc1)N1CCN(S(=O)(=O)c2ccccc2F)CC1. The second-order valence-corrected chi connectivity index (χ2v) is 10.5. The van der Waals surface area contributed by atoms with Crippen LogP contribution in [0.4, 0.5) is 4.39 Å². The Morgan fingerprint density at radius 2 is 1.27 bits per heavy atom. The molecule has 0 radical (unpaired) electrons. The predicted octanol–water partition coefficient (Wildman–Crippen LogP) is 2.28. The fourth-order valence-electron chi connectivity index (χ4n) is 2.70. The largest absolute Gasteiger partial charge is 0.246 e. The highest BCUT2D eigenvalue weighted by molar-refractivity contribution is 9.10. The van der Waals surface area contributed by atoms with Gasteiger partial charge >= 0.3 is 0 Å². The minimum absolute atomic E-state index is 0.00603. The van der Waals surface area contributed by atoms with E-state index in [-0.39, 0.29) is 31.1 Å². The van der Waals surface area contributed by atoms with Gasteiger partial charge in [-0.1, -0.05) is 28.1 Å². The first-order valence-corrected chi connectivity index (χ1v) is 11.4. The van der Waals surface area contributed by atoms with Crippen LogP contribution in [0.15, 0.2) is 62.8 Å². The van der Waals surface area contributed by atoms with Gasteiger partial charge in [-0.2, -0.15) is 8.61 Å². The van der Waals surface area contributed by atoms with E-state index in [0.29, 0.717) is 0 Å². The molecule has 26 heavy (non-hydrogen) atoms. The Morgan fingerprint density at radius 3 is 1.81 bits per heavy atom. The molecular weight excluding hydrogens is 447 g/mol. The Morgan fingerprint density at radius 1 is 0.769 bits per heavy atom. The minimum atomic E-state index is -4.00. The third kappa shape index (κ3) is 3.70. The first-order valence-electron chi connectivity index (χ1n) is 7.73. The van der Waals surface area contributed by atoms with Crippen molar-refractivity contribution >= 4 is 36.0 Å². The zero-order chi connectivity index (χ0) is 18.9. The summed E-state index contributed by atoms with van der Waals surface area (Å²) in [4.78, 5) is -0.254. The summed E-state index contributed by atoms with van der Waals surface area (Å²) in [5, 5.41) is 0. The molecular formula is C16H16BrFN2O4S2. The summed E-state index contributed by atoms with van der Waals surface area (Å²) < 4.78 is 67.4. The maximum absolute atomic E-state index is 13.8. The number of hydrogen-bond donors (Lipinski definition) is 0. The Labute approximate surface area is 160 Å². The van der Waals surface area contributed by atoms with Gasteiger partial charge < -0.3 is 0 Å². The molecule has 0 N–H and O–H groups in total. The number of piperazine rings is 1. The van der Waals surface area contributed by atoms with Gasteiger partial charge in [0.25, 0.3) is 0 Å². The van der Waals surface area contributed by atoms with Crippen LogP contribution in [0.1, 0.15) is 0 Å². The Kier molecular flexibility index (Phi) is 5.50. The number of benzene rings is 2. The van der Waals surface area contributed by atoms with Crippen molar-refractivity contribution in [2.45, 2.75) is 9.79 Å². The fraction of sp³-hybridized carbons (Fsp3) is 0.250. The van der Waals surface area contributed by atoms with Crippen LogP contribution in [0.25, 0.3) is 0 Å². The smallest absolute Gasteiger partial charge is 0.207 e. The van der Waals surface area contributed by atoms with E-state index in [4.69, 9.17) is 0 Å². The first-order chi connectivity index (χ1) is 12.2. The van der Waals surface area contributed by atoms with E-state index in [2.05, 4.69) is 15.9 Å². The first kappa shape index (κ1) is 19.4. The average molecular weight is 463 g/mol. The van der Waals surface area contributed by atoms with Crippen molar-refractivity contribution in [3.05, 3.63) is 58.8 Å². The minimum Gasteiger partial charge on any atom is -0.207 e.